The van der Waals surface area contributed by atoms with Crippen molar-refractivity contribution in [3.05, 3.63) is 97.1 Å². The highest BCUT2D eigenvalue weighted by molar-refractivity contribution is 5.99. The molecule has 0 unspecified atom stereocenters. The van der Waals surface area contributed by atoms with E-state index in [2.05, 4.69) is 18.5 Å². The maximum absolute atomic E-state index is 14.7. The molecule has 10 nitrogen and oxygen atoms in total. The third-order valence-corrected chi connectivity index (χ3v) is 10.1. The molecule has 3 heterocycles. The number of carbonyl (C=O) groups excluding carboxylic acids is 4. The molecule has 3 amide bonds. The van der Waals surface area contributed by atoms with Crippen molar-refractivity contribution >= 4 is 23.7 Å². The minimum absolute atomic E-state index is 0.0848. The van der Waals surface area contributed by atoms with Gasteiger partial charge in [0, 0.05) is 19.5 Å². The number of likely N-dealkylation sites (tertiary alicyclic amines) is 1. The van der Waals surface area contributed by atoms with Crippen LogP contribution in [0.3, 0.4) is 0 Å². The van der Waals surface area contributed by atoms with Crippen molar-refractivity contribution in [1.82, 2.24) is 15.1 Å². The number of ether oxygens (including phenoxy) is 2. The summed E-state index contributed by atoms with van der Waals surface area (Å²) in [6.45, 7) is 9.91. The fourth-order valence-electron chi connectivity index (χ4n) is 7.81. The van der Waals surface area contributed by atoms with Gasteiger partial charge in [-0.05, 0) is 43.2 Å². The molecule has 10 heteroatoms. The Morgan fingerprint density at radius 3 is 2.49 bits per heavy atom. The number of aliphatic hydroxyl groups is 1. The van der Waals surface area contributed by atoms with Crippen molar-refractivity contribution in [3.8, 4) is 0 Å². The number of rotatable bonds is 18. The Labute approximate surface area is 289 Å². The Morgan fingerprint density at radius 1 is 1.12 bits per heavy atom. The molecular weight excluding hydrogens is 622 g/mol. The Bertz CT molecular complexity index is 1480. The molecule has 0 aromatic heterocycles. The summed E-state index contributed by atoms with van der Waals surface area (Å²) in [4.78, 5) is 59.3. The van der Waals surface area contributed by atoms with Crippen LogP contribution in [0.2, 0.25) is 0 Å². The molecule has 2 N–H and O–H groups in total. The first-order chi connectivity index (χ1) is 23.8. The van der Waals surface area contributed by atoms with E-state index in [0.29, 0.717) is 38.8 Å². The Hall–Kier alpha value is -4.28. The number of benzene rings is 2. The first-order valence-corrected chi connectivity index (χ1v) is 17.5. The third kappa shape index (κ3) is 7.50. The van der Waals surface area contributed by atoms with Crippen molar-refractivity contribution in [3.63, 3.8) is 0 Å². The number of nitrogens with one attached hydrogen (secondary N) is 1. The van der Waals surface area contributed by atoms with E-state index in [1.807, 2.05) is 67.6 Å². The second-order valence-corrected chi connectivity index (χ2v) is 13.2. The molecule has 2 aromatic rings. The number of hydrogen-bond acceptors (Lipinski definition) is 7. The number of carbonyl (C=O) groups is 4. The largest absolute Gasteiger partial charge is 0.463 e. The van der Waals surface area contributed by atoms with Gasteiger partial charge in [-0.3, -0.25) is 19.2 Å². The van der Waals surface area contributed by atoms with Gasteiger partial charge < -0.3 is 29.7 Å². The molecule has 49 heavy (non-hydrogen) atoms. The highest BCUT2D eigenvalue weighted by atomic mass is 16.5. The zero-order chi connectivity index (χ0) is 35.0. The monoisotopic (exact) mass is 671 g/mol. The Kier molecular flexibility index (Phi) is 12.1. The van der Waals surface area contributed by atoms with E-state index >= 15 is 0 Å². The van der Waals surface area contributed by atoms with Crippen molar-refractivity contribution in [1.29, 1.82) is 0 Å². The van der Waals surface area contributed by atoms with Crippen LogP contribution < -0.4 is 5.32 Å². The van der Waals surface area contributed by atoms with Crippen LogP contribution in [0.4, 0.5) is 0 Å². The van der Waals surface area contributed by atoms with Crippen LogP contribution in [0.1, 0.15) is 62.6 Å². The maximum Gasteiger partial charge on any atom is 0.306 e. The normalized spacial score (nSPS) is 24.9. The standard InChI is InChI=1S/C39H49N3O7/c1-4-7-19-32(44)48-26-30(28-17-13-10-14-18-28)40-36(45)33-31-20-21-39(49-31)34(33)37(46)42(29(25-43)24-27-15-11-9-12-16-27)35(39)38(47)41(22-6-3)23-8-5-2/h4,6,9-18,29-31,33-35,43H,1,3,5,7-8,19-26H2,2H3,(H,40,45)/t29-,30+,31-,33+,34+,35-,39+/m1/s1. The molecule has 3 saturated heterocycles. The predicted octanol–water partition coefficient (Wildman–Crippen LogP) is 4.15. The zero-order valence-corrected chi connectivity index (χ0v) is 28.4. The summed E-state index contributed by atoms with van der Waals surface area (Å²) in [6, 6.07) is 16.4. The van der Waals surface area contributed by atoms with E-state index in [1.165, 1.54) is 4.90 Å². The smallest absolute Gasteiger partial charge is 0.306 e. The second-order valence-electron chi connectivity index (χ2n) is 13.2. The van der Waals surface area contributed by atoms with Gasteiger partial charge in [-0.15, -0.1) is 13.2 Å². The number of allylic oxidation sites excluding steroid dienone is 1. The summed E-state index contributed by atoms with van der Waals surface area (Å²) in [6.07, 6.45) is 6.34. The van der Waals surface area contributed by atoms with E-state index in [1.54, 1.807) is 17.1 Å². The Morgan fingerprint density at radius 2 is 1.84 bits per heavy atom. The molecule has 3 aliphatic rings. The quantitative estimate of drug-likeness (QED) is 0.180. The molecule has 2 bridgehead atoms. The van der Waals surface area contributed by atoms with Crippen LogP contribution in [-0.2, 0) is 35.1 Å². The fourth-order valence-corrected chi connectivity index (χ4v) is 7.81. The minimum atomic E-state index is -1.23. The van der Waals surface area contributed by atoms with Crippen LogP contribution in [0.5, 0.6) is 0 Å². The lowest BCUT2D eigenvalue weighted by atomic mass is 9.70. The van der Waals surface area contributed by atoms with E-state index in [9.17, 15) is 24.3 Å². The molecular formula is C39H49N3O7. The molecule has 1 spiro atoms. The molecule has 0 radical (unpaired) electrons. The highest BCUT2D eigenvalue weighted by Gasteiger charge is 2.75. The van der Waals surface area contributed by atoms with E-state index in [-0.39, 0.29) is 31.4 Å². The third-order valence-electron chi connectivity index (χ3n) is 10.1. The number of esters is 1. The second kappa shape index (κ2) is 16.4. The van der Waals surface area contributed by atoms with Gasteiger partial charge in [0.05, 0.1) is 36.6 Å². The van der Waals surface area contributed by atoms with Crippen molar-refractivity contribution in [2.45, 2.75) is 81.7 Å². The zero-order valence-electron chi connectivity index (χ0n) is 28.4. The van der Waals surface area contributed by atoms with Gasteiger partial charge >= 0.3 is 5.97 Å². The first-order valence-electron chi connectivity index (χ1n) is 17.5. The number of aliphatic hydroxyl groups excluding tert-OH is 1. The number of unbranched alkanes of at least 4 members (excludes halogenated alkanes) is 1. The summed E-state index contributed by atoms with van der Waals surface area (Å²) < 4.78 is 12.2. The van der Waals surface area contributed by atoms with Crippen LogP contribution in [0.15, 0.2) is 86.0 Å². The van der Waals surface area contributed by atoms with Crippen LogP contribution in [0, 0.1) is 11.8 Å². The topological polar surface area (TPSA) is 125 Å². The predicted molar refractivity (Wildman–Crippen MR) is 185 cm³/mol. The van der Waals surface area contributed by atoms with Crippen molar-refractivity contribution < 1.29 is 33.8 Å². The lowest BCUT2D eigenvalue weighted by Crippen LogP contribution is -2.59. The van der Waals surface area contributed by atoms with Crippen molar-refractivity contribution in [2.24, 2.45) is 11.8 Å². The van der Waals surface area contributed by atoms with Crippen LogP contribution in [0.25, 0.3) is 0 Å². The summed E-state index contributed by atoms with van der Waals surface area (Å²) >= 11 is 0. The molecule has 5 rings (SSSR count). The lowest BCUT2D eigenvalue weighted by molar-refractivity contribution is -0.151. The number of nitrogens with zero attached hydrogens (tertiary/aromatic N) is 2. The lowest BCUT2D eigenvalue weighted by Gasteiger charge is -2.39. The first kappa shape index (κ1) is 36.0. The minimum Gasteiger partial charge on any atom is -0.463 e. The molecule has 3 fully saturated rings. The highest BCUT2D eigenvalue weighted by Crippen LogP contribution is 2.59. The molecule has 2 aromatic carbocycles. The van der Waals surface area contributed by atoms with Gasteiger partial charge in [-0.2, -0.15) is 0 Å². The summed E-state index contributed by atoms with van der Waals surface area (Å²) in [5.74, 6) is -3.22. The van der Waals surface area contributed by atoms with Crippen LogP contribution >= 0.6 is 0 Å². The number of fused-ring (bicyclic) bond motifs is 1. The summed E-state index contributed by atoms with van der Waals surface area (Å²) in [7, 11) is 0. The van der Waals surface area contributed by atoms with Gasteiger partial charge in [0.15, 0.2) is 0 Å². The molecule has 0 saturated carbocycles. The molecule has 7 atom stereocenters. The van der Waals surface area contributed by atoms with E-state index < -0.39 is 53.5 Å². The molecule has 0 aliphatic carbocycles. The van der Waals surface area contributed by atoms with Gasteiger partial charge in [-0.25, -0.2) is 0 Å². The van der Waals surface area contributed by atoms with E-state index in [0.717, 1.165) is 24.0 Å². The van der Waals surface area contributed by atoms with Gasteiger partial charge in [-0.1, -0.05) is 86.2 Å². The van der Waals surface area contributed by atoms with Crippen molar-refractivity contribution in [2.75, 3.05) is 26.3 Å². The molecule has 3 aliphatic heterocycles. The Balaban J connectivity index is 1.48. The average molecular weight is 672 g/mol. The maximum atomic E-state index is 14.7. The molecule has 262 valence electrons. The fraction of sp³-hybridized carbons (Fsp3) is 0.487. The van der Waals surface area contributed by atoms with E-state index in [4.69, 9.17) is 9.47 Å². The number of hydrogen-bond donors (Lipinski definition) is 2. The number of amides is 3. The van der Waals surface area contributed by atoms with Crippen LogP contribution in [-0.4, -0.2) is 88.7 Å². The summed E-state index contributed by atoms with van der Waals surface area (Å²) in [5.41, 5.74) is 0.436. The van der Waals surface area contributed by atoms with Gasteiger partial charge in [0.1, 0.15) is 18.2 Å². The van der Waals surface area contributed by atoms with Gasteiger partial charge in [0.25, 0.3) is 0 Å². The van der Waals surface area contributed by atoms with Gasteiger partial charge in [0.2, 0.25) is 17.7 Å². The summed E-state index contributed by atoms with van der Waals surface area (Å²) in [5, 5.41) is 13.8. The average Bonchev–Trinajstić information content (AvgIpc) is 3.77. The SMILES string of the molecule is C=CCCC(=O)OC[C@H](NC(=O)[C@@H]1[C@H]2C(=O)N([C@@H](CO)Cc3ccccc3)[C@H](C(=O)N(CC=C)CCCC)[C@]23CC[C@H]1O3)c1ccccc1.